The van der Waals surface area contributed by atoms with Gasteiger partial charge in [0.05, 0.1) is 23.7 Å². The summed E-state index contributed by atoms with van der Waals surface area (Å²) in [6.07, 6.45) is 0.756. The first-order chi connectivity index (χ1) is 17.6. The van der Waals surface area contributed by atoms with Gasteiger partial charge in [-0.05, 0) is 48.7 Å². The number of anilines is 5. The van der Waals surface area contributed by atoms with Gasteiger partial charge in [-0.2, -0.15) is 5.10 Å². The number of nitrogens with one attached hydrogen (secondary N) is 1. The number of nitrogens with zero attached hydrogens (tertiary/aromatic N) is 4. The van der Waals surface area contributed by atoms with Gasteiger partial charge in [0.15, 0.2) is 5.82 Å². The van der Waals surface area contributed by atoms with E-state index in [0.717, 1.165) is 41.1 Å². The molecule has 2 heterocycles. The van der Waals surface area contributed by atoms with Crippen LogP contribution in [0.3, 0.4) is 0 Å². The van der Waals surface area contributed by atoms with E-state index in [9.17, 15) is 0 Å². The largest absolute Gasteiger partial charge is 0.355 e. The molecule has 0 saturated heterocycles. The summed E-state index contributed by atoms with van der Waals surface area (Å²) in [5.74, 6) is 0.773. The molecule has 5 nitrogen and oxygen atoms in total. The molecule has 1 aromatic heterocycles. The minimum absolute atomic E-state index is 0.756. The Morgan fingerprint density at radius 3 is 2.25 bits per heavy atom. The number of hydrogen-bond acceptors (Lipinski definition) is 5. The predicted molar refractivity (Wildman–Crippen MR) is 150 cm³/mol. The van der Waals surface area contributed by atoms with E-state index < -0.39 is 0 Å². The minimum atomic E-state index is 0.756. The Morgan fingerprint density at radius 1 is 0.750 bits per heavy atom. The van der Waals surface area contributed by atoms with Crippen molar-refractivity contribution in [3.05, 3.63) is 113 Å². The molecule has 0 aliphatic carbocycles. The van der Waals surface area contributed by atoms with Crippen LogP contribution in [0.1, 0.15) is 22.4 Å². The Balaban J connectivity index is 1.33. The van der Waals surface area contributed by atoms with Gasteiger partial charge >= 0.3 is 0 Å². The predicted octanol–water partition coefficient (Wildman–Crippen LogP) is 7.13. The molecular formula is C31H29N5. The number of rotatable bonds is 5. The lowest BCUT2D eigenvalue weighted by Crippen LogP contribution is -2.25. The summed E-state index contributed by atoms with van der Waals surface area (Å²) in [5.41, 5.74) is 9.49. The van der Waals surface area contributed by atoms with Crippen molar-refractivity contribution in [1.82, 2.24) is 10.2 Å². The number of benzene rings is 4. The highest BCUT2D eigenvalue weighted by Gasteiger charge is 2.27. The van der Waals surface area contributed by atoms with Gasteiger partial charge in [0.1, 0.15) is 0 Å². The molecule has 0 atom stereocenters. The Labute approximate surface area is 212 Å². The van der Waals surface area contributed by atoms with E-state index in [1.165, 1.54) is 33.8 Å². The van der Waals surface area contributed by atoms with Gasteiger partial charge in [0.25, 0.3) is 0 Å². The molecule has 5 aromatic rings. The molecule has 0 saturated carbocycles. The second kappa shape index (κ2) is 9.00. The molecule has 4 aromatic carbocycles. The Hall–Kier alpha value is -4.38. The van der Waals surface area contributed by atoms with E-state index in [-0.39, 0.29) is 0 Å². The molecule has 0 radical (unpaired) electrons. The van der Waals surface area contributed by atoms with Crippen molar-refractivity contribution < 1.29 is 0 Å². The minimum Gasteiger partial charge on any atom is -0.355 e. The van der Waals surface area contributed by atoms with Gasteiger partial charge in [-0.1, -0.05) is 72.8 Å². The molecular weight excluding hydrogens is 442 g/mol. The van der Waals surface area contributed by atoms with Gasteiger partial charge in [0, 0.05) is 35.6 Å². The highest BCUT2D eigenvalue weighted by molar-refractivity contribution is 5.95. The highest BCUT2D eigenvalue weighted by Crippen LogP contribution is 2.43. The van der Waals surface area contributed by atoms with Crippen LogP contribution in [0.4, 0.5) is 28.6 Å². The van der Waals surface area contributed by atoms with Crippen molar-refractivity contribution in [2.75, 3.05) is 28.8 Å². The van der Waals surface area contributed by atoms with E-state index in [1.54, 1.807) is 0 Å². The Kier molecular flexibility index (Phi) is 5.53. The average Bonchev–Trinajstić information content (AvgIpc) is 3.21. The van der Waals surface area contributed by atoms with E-state index in [4.69, 9.17) is 0 Å². The molecule has 1 N–H and O–H groups in total. The van der Waals surface area contributed by atoms with Crippen molar-refractivity contribution in [2.24, 2.45) is 0 Å². The third-order valence-corrected chi connectivity index (χ3v) is 6.98. The number of aromatic nitrogens is 2. The monoisotopic (exact) mass is 471 g/mol. The maximum absolute atomic E-state index is 4.63. The lowest BCUT2D eigenvalue weighted by Gasteiger charge is -2.23. The van der Waals surface area contributed by atoms with Crippen molar-refractivity contribution >= 4 is 39.3 Å². The van der Waals surface area contributed by atoms with Gasteiger partial charge in [-0.3, -0.25) is 0 Å². The van der Waals surface area contributed by atoms with Crippen LogP contribution in [-0.4, -0.2) is 23.9 Å². The van der Waals surface area contributed by atoms with Gasteiger partial charge in [-0.15, -0.1) is 5.10 Å². The second-order valence-electron chi connectivity index (χ2n) is 9.54. The zero-order valence-electron chi connectivity index (χ0n) is 20.9. The summed E-state index contributed by atoms with van der Waals surface area (Å²) in [7, 11) is 2.14. The zero-order valence-corrected chi connectivity index (χ0v) is 20.9. The smallest absolute Gasteiger partial charge is 0.160 e. The molecule has 0 bridgehead atoms. The van der Waals surface area contributed by atoms with Crippen molar-refractivity contribution in [2.45, 2.75) is 20.3 Å². The van der Waals surface area contributed by atoms with E-state index in [2.05, 4.69) is 131 Å². The first-order valence-electron chi connectivity index (χ1n) is 12.3. The molecule has 5 heteroatoms. The highest BCUT2D eigenvalue weighted by atomic mass is 15.4. The maximum atomic E-state index is 4.63. The number of fused-ring (bicyclic) bond motifs is 2. The third kappa shape index (κ3) is 3.93. The fourth-order valence-corrected chi connectivity index (χ4v) is 5.23. The molecule has 0 spiro atoms. The van der Waals surface area contributed by atoms with E-state index >= 15 is 0 Å². The summed E-state index contributed by atoms with van der Waals surface area (Å²) in [6.45, 7) is 5.18. The fraction of sp³-hybridized carbons (Fsp3) is 0.161. The summed E-state index contributed by atoms with van der Waals surface area (Å²) in [4.78, 5) is 4.69. The van der Waals surface area contributed by atoms with Crippen molar-refractivity contribution in [3.63, 3.8) is 0 Å². The Morgan fingerprint density at radius 2 is 1.47 bits per heavy atom. The van der Waals surface area contributed by atoms with E-state index in [0.29, 0.717) is 0 Å². The van der Waals surface area contributed by atoms with Gasteiger partial charge in [-0.25, -0.2) is 0 Å². The SMILES string of the molecule is Cc1cccc(C)c1N1CN(C)c2cc(Nc3nnc(Cc4ccccc4)c4ccccc34)ccc21. The van der Waals surface area contributed by atoms with Crippen molar-refractivity contribution in [3.8, 4) is 0 Å². The molecule has 6 rings (SSSR count). The number of para-hydroxylation sites is 1. The second-order valence-corrected chi connectivity index (χ2v) is 9.54. The van der Waals surface area contributed by atoms with Crippen molar-refractivity contribution in [1.29, 1.82) is 0 Å². The van der Waals surface area contributed by atoms with Crippen LogP contribution in [0.2, 0.25) is 0 Å². The van der Waals surface area contributed by atoms with Gasteiger partial charge in [0.2, 0.25) is 0 Å². The van der Waals surface area contributed by atoms with Crippen LogP contribution < -0.4 is 15.1 Å². The Bertz CT molecular complexity index is 1540. The fourth-order valence-electron chi connectivity index (χ4n) is 5.23. The standard InChI is InChI=1S/C31H29N5/c1-21-10-9-11-22(2)30(21)36-20-35(3)29-19-24(16-17-28(29)36)32-31-26-15-8-7-14-25(26)27(33-34-31)18-23-12-5-4-6-13-23/h4-17,19H,18,20H2,1-3H3,(H,32,34). The van der Waals surface area contributed by atoms with E-state index in [1.807, 2.05) is 6.07 Å². The summed E-state index contributed by atoms with van der Waals surface area (Å²) in [5, 5.41) is 15.0. The van der Waals surface area contributed by atoms with Crippen LogP contribution in [0, 0.1) is 13.8 Å². The maximum Gasteiger partial charge on any atom is 0.160 e. The zero-order chi connectivity index (χ0) is 24.6. The molecule has 178 valence electrons. The summed E-state index contributed by atoms with van der Waals surface area (Å²) in [6, 6.07) is 31.8. The normalized spacial score (nSPS) is 12.8. The molecule has 1 aliphatic rings. The molecule has 0 amide bonds. The summed E-state index contributed by atoms with van der Waals surface area (Å²) >= 11 is 0. The lowest BCUT2D eigenvalue weighted by atomic mass is 10.0. The first kappa shape index (κ1) is 22.1. The molecule has 36 heavy (non-hydrogen) atoms. The summed E-state index contributed by atoms with van der Waals surface area (Å²) < 4.78 is 0. The molecule has 0 fully saturated rings. The molecule has 1 aliphatic heterocycles. The average molecular weight is 472 g/mol. The third-order valence-electron chi connectivity index (χ3n) is 6.98. The quantitative estimate of drug-likeness (QED) is 0.295. The molecule has 0 unspecified atom stereocenters. The first-order valence-corrected chi connectivity index (χ1v) is 12.3. The van der Waals surface area contributed by atoms with Crippen LogP contribution in [0.25, 0.3) is 10.8 Å². The van der Waals surface area contributed by atoms with Crippen LogP contribution in [-0.2, 0) is 6.42 Å². The van der Waals surface area contributed by atoms with Crippen LogP contribution in [0.15, 0.2) is 91.0 Å². The number of hydrogen-bond donors (Lipinski definition) is 1. The van der Waals surface area contributed by atoms with Crippen LogP contribution in [0.5, 0.6) is 0 Å². The number of aryl methyl sites for hydroxylation is 2. The topological polar surface area (TPSA) is 44.3 Å². The van der Waals surface area contributed by atoms with Crippen LogP contribution >= 0.6 is 0 Å². The van der Waals surface area contributed by atoms with Gasteiger partial charge < -0.3 is 15.1 Å². The lowest BCUT2D eigenvalue weighted by molar-refractivity contribution is 0.942.